The Morgan fingerprint density at radius 3 is 2.64 bits per heavy atom. The maximum absolute atomic E-state index is 12.3. The Bertz CT molecular complexity index is 849. The Morgan fingerprint density at radius 2 is 2.04 bits per heavy atom. The molecule has 0 aliphatic carbocycles. The highest BCUT2D eigenvalue weighted by atomic mass is 79.9. The number of nitrogens with one attached hydrogen (secondary N) is 1. The fourth-order valence-electron chi connectivity index (χ4n) is 2.02. The molecule has 0 aromatic heterocycles. The molecule has 2 aromatic rings. The van der Waals surface area contributed by atoms with Gasteiger partial charge in [-0.3, -0.25) is 4.79 Å². The zero-order chi connectivity index (χ0) is 18.2. The molecule has 0 radical (unpaired) electrons. The molecule has 0 heterocycles. The van der Waals surface area contributed by atoms with Gasteiger partial charge >= 0.3 is 0 Å². The van der Waals surface area contributed by atoms with E-state index in [0.717, 1.165) is 10.0 Å². The van der Waals surface area contributed by atoms with Crippen molar-refractivity contribution in [2.45, 2.75) is 6.92 Å². The van der Waals surface area contributed by atoms with Crippen molar-refractivity contribution >= 4 is 33.6 Å². The largest absolute Gasteiger partial charge is 0.488 e. The second-order valence-electron chi connectivity index (χ2n) is 5.28. The van der Waals surface area contributed by atoms with Crippen LogP contribution in [0.2, 0.25) is 0 Å². The molecule has 0 saturated heterocycles. The fourth-order valence-corrected chi connectivity index (χ4v) is 2.53. The minimum Gasteiger partial charge on any atom is -0.488 e. The minimum absolute atomic E-state index is 0.0206. The van der Waals surface area contributed by atoms with Gasteiger partial charge in [-0.1, -0.05) is 36.4 Å². The van der Waals surface area contributed by atoms with Crippen molar-refractivity contribution in [3.05, 3.63) is 76.3 Å². The van der Waals surface area contributed by atoms with Gasteiger partial charge < -0.3 is 10.1 Å². The van der Waals surface area contributed by atoms with E-state index in [0.29, 0.717) is 23.6 Å². The Balaban J connectivity index is 2.17. The van der Waals surface area contributed by atoms with Gasteiger partial charge in [-0.05, 0) is 58.8 Å². The summed E-state index contributed by atoms with van der Waals surface area (Å²) in [5.41, 5.74) is 2.48. The lowest BCUT2D eigenvalue weighted by Gasteiger charge is -2.07. The SMILES string of the molecule is C=CCOc1ccc(/C=C(\C#N)C(=O)Nc2ccc(C)cc2)cc1Br. The van der Waals surface area contributed by atoms with Crippen LogP contribution in [0.3, 0.4) is 0 Å². The predicted molar refractivity (Wildman–Crippen MR) is 103 cm³/mol. The Hall–Kier alpha value is -2.84. The van der Waals surface area contributed by atoms with Crippen LogP contribution in [0.25, 0.3) is 6.08 Å². The molecule has 5 heteroatoms. The van der Waals surface area contributed by atoms with E-state index < -0.39 is 5.91 Å². The second-order valence-corrected chi connectivity index (χ2v) is 6.13. The third-order valence-electron chi connectivity index (χ3n) is 3.30. The standard InChI is InChI=1S/C20H17BrN2O2/c1-3-10-25-19-9-6-15(12-18(19)21)11-16(13-22)20(24)23-17-7-4-14(2)5-8-17/h3-9,11-12H,1,10H2,2H3,(H,23,24)/b16-11+. The van der Waals surface area contributed by atoms with Crippen LogP contribution in [0.1, 0.15) is 11.1 Å². The lowest BCUT2D eigenvalue weighted by molar-refractivity contribution is -0.112. The van der Waals surface area contributed by atoms with Gasteiger partial charge in [0.05, 0.1) is 4.47 Å². The first-order chi connectivity index (χ1) is 12.0. The van der Waals surface area contributed by atoms with Gasteiger partial charge in [0.25, 0.3) is 5.91 Å². The fraction of sp³-hybridized carbons (Fsp3) is 0.100. The van der Waals surface area contributed by atoms with E-state index in [1.807, 2.05) is 25.1 Å². The molecule has 25 heavy (non-hydrogen) atoms. The number of ether oxygens (including phenoxy) is 1. The average Bonchev–Trinajstić information content (AvgIpc) is 2.60. The molecule has 0 aliphatic heterocycles. The summed E-state index contributed by atoms with van der Waals surface area (Å²) in [5.74, 6) is 0.217. The number of amides is 1. The minimum atomic E-state index is -0.450. The number of rotatable bonds is 6. The lowest BCUT2D eigenvalue weighted by Crippen LogP contribution is -2.13. The number of nitrogens with zero attached hydrogens (tertiary/aromatic N) is 1. The molecule has 0 saturated carbocycles. The quantitative estimate of drug-likeness (QED) is 0.430. The molecule has 1 N–H and O–H groups in total. The summed E-state index contributed by atoms with van der Waals surface area (Å²) in [6, 6.07) is 14.7. The Labute approximate surface area is 155 Å². The molecule has 0 fully saturated rings. The predicted octanol–water partition coefficient (Wildman–Crippen LogP) is 4.87. The third-order valence-corrected chi connectivity index (χ3v) is 3.92. The average molecular weight is 397 g/mol. The van der Waals surface area contributed by atoms with Gasteiger partial charge in [0.1, 0.15) is 24.0 Å². The monoisotopic (exact) mass is 396 g/mol. The molecule has 0 bridgehead atoms. The van der Waals surface area contributed by atoms with Crippen molar-refractivity contribution in [3.63, 3.8) is 0 Å². The summed E-state index contributed by atoms with van der Waals surface area (Å²) in [4.78, 5) is 12.3. The summed E-state index contributed by atoms with van der Waals surface area (Å²) in [5, 5.41) is 12.0. The molecule has 0 unspecified atom stereocenters. The third kappa shape index (κ3) is 5.33. The Morgan fingerprint density at radius 1 is 1.32 bits per heavy atom. The van der Waals surface area contributed by atoms with Crippen LogP contribution in [0.5, 0.6) is 5.75 Å². The highest BCUT2D eigenvalue weighted by Gasteiger charge is 2.10. The van der Waals surface area contributed by atoms with Crippen molar-refractivity contribution in [2.75, 3.05) is 11.9 Å². The number of carbonyl (C=O) groups excluding carboxylic acids is 1. The van der Waals surface area contributed by atoms with Crippen LogP contribution >= 0.6 is 15.9 Å². The van der Waals surface area contributed by atoms with Crippen LogP contribution in [-0.4, -0.2) is 12.5 Å². The van der Waals surface area contributed by atoms with E-state index in [1.165, 1.54) is 6.08 Å². The van der Waals surface area contributed by atoms with Crippen molar-refractivity contribution in [1.29, 1.82) is 5.26 Å². The summed E-state index contributed by atoms with van der Waals surface area (Å²) in [6.45, 7) is 5.97. The topological polar surface area (TPSA) is 62.1 Å². The number of anilines is 1. The van der Waals surface area contributed by atoms with Crippen LogP contribution in [-0.2, 0) is 4.79 Å². The van der Waals surface area contributed by atoms with Gasteiger partial charge in [0.2, 0.25) is 0 Å². The number of aryl methyl sites for hydroxylation is 1. The highest BCUT2D eigenvalue weighted by Crippen LogP contribution is 2.27. The molecule has 126 valence electrons. The van der Waals surface area contributed by atoms with E-state index in [1.54, 1.807) is 36.4 Å². The number of benzene rings is 2. The van der Waals surface area contributed by atoms with Crippen LogP contribution in [0, 0.1) is 18.3 Å². The van der Waals surface area contributed by atoms with Crippen LogP contribution < -0.4 is 10.1 Å². The van der Waals surface area contributed by atoms with E-state index in [2.05, 4.69) is 27.8 Å². The van der Waals surface area contributed by atoms with Crippen molar-refractivity contribution < 1.29 is 9.53 Å². The summed E-state index contributed by atoms with van der Waals surface area (Å²) in [6.07, 6.45) is 3.19. The van der Waals surface area contributed by atoms with Crippen LogP contribution in [0.15, 0.2) is 65.2 Å². The van der Waals surface area contributed by atoms with Gasteiger partial charge in [-0.2, -0.15) is 5.26 Å². The first-order valence-electron chi connectivity index (χ1n) is 7.56. The Kier molecular flexibility index (Phi) is 6.55. The smallest absolute Gasteiger partial charge is 0.266 e. The molecule has 4 nitrogen and oxygen atoms in total. The van der Waals surface area contributed by atoms with Crippen molar-refractivity contribution in [1.82, 2.24) is 0 Å². The molecular weight excluding hydrogens is 380 g/mol. The zero-order valence-electron chi connectivity index (χ0n) is 13.8. The molecule has 2 rings (SSSR count). The number of carbonyl (C=O) groups is 1. The number of nitriles is 1. The van der Waals surface area contributed by atoms with Gasteiger partial charge in [-0.15, -0.1) is 0 Å². The lowest BCUT2D eigenvalue weighted by atomic mass is 10.1. The van der Waals surface area contributed by atoms with Crippen LogP contribution in [0.4, 0.5) is 5.69 Å². The number of hydrogen-bond acceptors (Lipinski definition) is 3. The second kappa shape index (κ2) is 8.86. The molecule has 1 amide bonds. The van der Waals surface area contributed by atoms with Crippen molar-refractivity contribution in [2.24, 2.45) is 0 Å². The molecule has 2 aromatic carbocycles. The highest BCUT2D eigenvalue weighted by molar-refractivity contribution is 9.10. The maximum atomic E-state index is 12.3. The molecule has 0 aliphatic rings. The molecule has 0 atom stereocenters. The van der Waals surface area contributed by atoms with Crippen molar-refractivity contribution in [3.8, 4) is 11.8 Å². The maximum Gasteiger partial charge on any atom is 0.266 e. The summed E-state index contributed by atoms with van der Waals surface area (Å²) < 4.78 is 6.21. The number of hydrogen-bond donors (Lipinski definition) is 1. The molecular formula is C20H17BrN2O2. The summed E-state index contributed by atoms with van der Waals surface area (Å²) >= 11 is 3.41. The van der Waals surface area contributed by atoms with Gasteiger partial charge in [0, 0.05) is 5.69 Å². The van der Waals surface area contributed by atoms with E-state index in [9.17, 15) is 10.1 Å². The van der Waals surface area contributed by atoms with E-state index in [4.69, 9.17) is 4.74 Å². The van der Waals surface area contributed by atoms with Gasteiger partial charge in [-0.25, -0.2) is 0 Å². The van der Waals surface area contributed by atoms with Gasteiger partial charge in [0.15, 0.2) is 0 Å². The normalized spacial score (nSPS) is 10.7. The summed E-state index contributed by atoms with van der Waals surface area (Å²) in [7, 11) is 0. The first kappa shape index (κ1) is 18.5. The number of halogens is 1. The van der Waals surface area contributed by atoms with E-state index in [-0.39, 0.29) is 5.57 Å². The molecule has 0 spiro atoms. The van der Waals surface area contributed by atoms with E-state index >= 15 is 0 Å². The zero-order valence-corrected chi connectivity index (χ0v) is 15.3. The first-order valence-corrected chi connectivity index (χ1v) is 8.36.